The SMILES string of the molecule is C=C1SC=CN1C(C(C)=N)S(=O)(=O)N1CC(CNC(C)=O)Oc2ccc(NC(=O)OC(C)(C)C)cc21. The molecule has 0 radical (unpaired) electrons. The van der Waals surface area contributed by atoms with Gasteiger partial charge in [-0.25, -0.2) is 13.2 Å². The van der Waals surface area contributed by atoms with Gasteiger partial charge in [-0.2, -0.15) is 0 Å². The van der Waals surface area contributed by atoms with Crippen molar-refractivity contribution in [2.45, 2.75) is 51.7 Å². The number of nitrogens with zero attached hydrogens (tertiary/aromatic N) is 2. The zero-order valence-corrected chi connectivity index (χ0v) is 22.5. The molecule has 0 bridgehead atoms. The van der Waals surface area contributed by atoms with Crippen molar-refractivity contribution in [3.8, 4) is 5.75 Å². The Morgan fingerprint density at radius 3 is 2.58 bits per heavy atom. The molecule has 2 heterocycles. The quantitative estimate of drug-likeness (QED) is 0.449. The summed E-state index contributed by atoms with van der Waals surface area (Å²) in [4.78, 5) is 25.2. The van der Waals surface area contributed by atoms with E-state index in [2.05, 4.69) is 17.2 Å². The van der Waals surface area contributed by atoms with Crippen LogP contribution in [0.25, 0.3) is 0 Å². The molecule has 0 saturated heterocycles. The zero-order valence-electron chi connectivity index (χ0n) is 20.8. The summed E-state index contributed by atoms with van der Waals surface area (Å²) in [6, 6.07) is 4.59. The van der Waals surface area contributed by atoms with Crippen molar-refractivity contribution in [2.24, 2.45) is 0 Å². The Morgan fingerprint density at radius 2 is 2.03 bits per heavy atom. The number of carbonyl (C=O) groups excluding carboxylic acids is 2. The highest BCUT2D eigenvalue weighted by atomic mass is 32.2. The van der Waals surface area contributed by atoms with E-state index in [1.54, 1.807) is 44.5 Å². The lowest BCUT2D eigenvalue weighted by Gasteiger charge is -2.39. The lowest BCUT2D eigenvalue weighted by Crippen LogP contribution is -2.54. The van der Waals surface area contributed by atoms with E-state index in [9.17, 15) is 18.0 Å². The summed E-state index contributed by atoms with van der Waals surface area (Å²) in [5, 5.41) is 14.4. The van der Waals surface area contributed by atoms with Gasteiger partial charge in [-0.05, 0) is 51.3 Å². The zero-order chi connectivity index (χ0) is 26.8. The van der Waals surface area contributed by atoms with Crippen LogP contribution in [-0.4, -0.2) is 61.2 Å². The first kappa shape index (κ1) is 27.4. The number of fused-ring (bicyclic) bond motifs is 1. The highest BCUT2D eigenvalue weighted by Crippen LogP contribution is 2.40. The maximum absolute atomic E-state index is 14.0. The minimum atomic E-state index is -4.23. The van der Waals surface area contributed by atoms with E-state index >= 15 is 0 Å². The fraction of sp³-hybridized carbons (Fsp3) is 0.435. The first-order valence-electron chi connectivity index (χ1n) is 11.1. The van der Waals surface area contributed by atoms with Crippen molar-refractivity contribution in [1.29, 1.82) is 5.41 Å². The van der Waals surface area contributed by atoms with E-state index in [0.717, 1.165) is 4.31 Å². The lowest BCUT2D eigenvalue weighted by atomic mass is 10.2. The van der Waals surface area contributed by atoms with Crippen molar-refractivity contribution < 1.29 is 27.5 Å². The second-order valence-electron chi connectivity index (χ2n) is 9.30. The Labute approximate surface area is 215 Å². The summed E-state index contributed by atoms with van der Waals surface area (Å²) in [6.45, 7) is 11.8. The first-order chi connectivity index (χ1) is 16.7. The van der Waals surface area contributed by atoms with Gasteiger partial charge in [0.05, 0.1) is 23.8 Å². The molecule has 0 aromatic heterocycles. The Bertz CT molecular complexity index is 1210. The maximum Gasteiger partial charge on any atom is 0.412 e. The van der Waals surface area contributed by atoms with Crippen LogP contribution in [0.15, 0.2) is 41.4 Å². The molecule has 0 fully saturated rings. The van der Waals surface area contributed by atoms with Crippen LogP contribution in [0, 0.1) is 5.41 Å². The molecular weight excluding hydrogens is 506 g/mol. The van der Waals surface area contributed by atoms with Gasteiger partial charge in [0.1, 0.15) is 17.5 Å². The molecule has 13 heteroatoms. The van der Waals surface area contributed by atoms with Crippen LogP contribution in [0.1, 0.15) is 34.6 Å². The van der Waals surface area contributed by atoms with Gasteiger partial charge in [0, 0.05) is 24.5 Å². The van der Waals surface area contributed by atoms with Gasteiger partial charge in [0.25, 0.3) is 10.0 Å². The topological polar surface area (TPSA) is 141 Å². The van der Waals surface area contributed by atoms with E-state index in [-0.39, 0.29) is 36.1 Å². The number of anilines is 2. The van der Waals surface area contributed by atoms with Crippen molar-refractivity contribution >= 4 is 50.9 Å². The number of rotatable bonds is 7. The van der Waals surface area contributed by atoms with Crippen LogP contribution < -0.4 is 19.7 Å². The summed E-state index contributed by atoms with van der Waals surface area (Å²) in [6.07, 6.45) is 0.198. The van der Waals surface area contributed by atoms with Gasteiger partial charge < -0.3 is 25.1 Å². The average Bonchev–Trinajstić information content (AvgIpc) is 3.15. The molecule has 3 rings (SSSR count). The molecule has 11 nitrogen and oxygen atoms in total. The van der Waals surface area contributed by atoms with E-state index in [4.69, 9.17) is 14.9 Å². The van der Waals surface area contributed by atoms with Gasteiger partial charge in [-0.3, -0.25) is 14.4 Å². The molecule has 3 N–H and O–H groups in total. The molecule has 2 amide bonds. The molecule has 1 aromatic rings. The summed E-state index contributed by atoms with van der Waals surface area (Å²) in [7, 11) is -4.23. The number of hydrogen-bond donors (Lipinski definition) is 3. The van der Waals surface area contributed by atoms with Gasteiger partial charge in [0.2, 0.25) is 5.91 Å². The fourth-order valence-electron chi connectivity index (χ4n) is 3.64. The molecule has 2 aliphatic heterocycles. The van der Waals surface area contributed by atoms with Crippen molar-refractivity contribution in [3.63, 3.8) is 0 Å². The Hall–Kier alpha value is -3.19. The van der Waals surface area contributed by atoms with E-state index in [0.29, 0.717) is 10.7 Å². The highest BCUT2D eigenvalue weighted by molar-refractivity contribution is 8.06. The summed E-state index contributed by atoms with van der Waals surface area (Å²) >= 11 is 1.26. The van der Waals surface area contributed by atoms with Gasteiger partial charge >= 0.3 is 6.09 Å². The fourth-order valence-corrected chi connectivity index (χ4v) is 6.31. The number of carbonyl (C=O) groups is 2. The van der Waals surface area contributed by atoms with Crippen LogP contribution in [0.5, 0.6) is 5.75 Å². The third-order valence-electron chi connectivity index (χ3n) is 5.04. The second kappa shape index (κ2) is 10.4. The number of nitrogens with one attached hydrogen (secondary N) is 3. The van der Waals surface area contributed by atoms with E-state index in [1.807, 2.05) is 0 Å². The number of ether oxygens (including phenoxy) is 2. The molecule has 0 spiro atoms. The number of amides is 2. The van der Waals surface area contributed by atoms with E-state index < -0.39 is 33.2 Å². The number of hydrogen-bond acceptors (Lipinski definition) is 9. The number of benzene rings is 1. The standard InChI is InChI=1S/C23H31N5O6S2/c1-14(24)21(27-9-10-35-16(27)3)36(31,32)28-13-18(12-25-15(2)29)33-20-8-7-17(11-19(20)28)26-22(30)34-23(4,5)6/h7-11,18,21,24H,3,12-13H2,1-2,4-6H3,(H,25,29)(H,26,30). The first-order valence-corrected chi connectivity index (χ1v) is 13.5. The minimum Gasteiger partial charge on any atom is -0.484 e. The molecule has 36 heavy (non-hydrogen) atoms. The van der Waals surface area contributed by atoms with Gasteiger partial charge in [-0.15, -0.1) is 0 Å². The molecule has 1 aromatic carbocycles. The molecule has 2 atom stereocenters. The Kier molecular flexibility index (Phi) is 7.94. The van der Waals surface area contributed by atoms with Gasteiger partial charge in [-0.1, -0.05) is 18.3 Å². The lowest BCUT2D eigenvalue weighted by molar-refractivity contribution is -0.119. The molecule has 0 aliphatic carbocycles. The number of sulfonamides is 1. The molecular formula is C23H31N5O6S2. The molecule has 0 saturated carbocycles. The average molecular weight is 538 g/mol. The summed E-state index contributed by atoms with van der Waals surface area (Å²) in [5.41, 5.74) is -0.323. The van der Waals surface area contributed by atoms with E-state index in [1.165, 1.54) is 36.6 Å². The largest absolute Gasteiger partial charge is 0.484 e. The summed E-state index contributed by atoms with van der Waals surface area (Å²) < 4.78 is 40.5. The Balaban J connectivity index is 2.02. The van der Waals surface area contributed by atoms with Crippen LogP contribution >= 0.6 is 11.8 Å². The molecule has 2 unspecified atom stereocenters. The minimum absolute atomic E-state index is 0.0825. The van der Waals surface area contributed by atoms with Crippen LogP contribution in [0.4, 0.5) is 16.2 Å². The third kappa shape index (κ3) is 6.32. The maximum atomic E-state index is 14.0. The van der Waals surface area contributed by atoms with Crippen molar-refractivity contribution in [1.82, 2.24) is 10.2 Å². The van der Waals surface area contributed by atoms with Gasteiger partial charge in [0.15, 0.2) is 5.37 Å². The predicted octanol–water partition coefficient (Wildman–Crippen LogP) is 3.42. The second-order valence-corrected chi connectivity index (χ2v) is 12.2. The Morgan fingerprint density at radius 1 is 1.33 bits per heavy atom. The molecule has 196 valence electrons. The monoisotopic (exact) mass is 537 g/mol. The molecule has 2 aliphatic rings. The third-order valence-corrected chi connectivity index (χ3v) is 7.89. The number of thioether (sulfide) groups is 1. The summed E-state index contributed by atoms with van der Waals surface area (Å²) in [5.74, 6) is -0.0269. The predicted molar refractivity (Wildman–Crippen MR) is 141 cm³/mol. The van der Waals surface area contributed by atoms with Crippen molar-refractivity contribution in [3.05, 3.63) is 41.4 Å². The normalized spacial score (nSPS) is 18.2. The van der Waals surface area contributed by atoms with Crippen molar-refractivity contribution in [2.75, 3.05) is 22.7 Å². The van der Waals surface area contributed by atoms with Crippen LogP contribution in [0.2, 0.25) is 0 Å². The smallest absolute Gasteiger partial charge is 0.412 e. The van der Waals surface area contributed by atoms with Crippen LogP contribution in [-0.2, 0) is 19.6 Å². The van der Waals surface area contributed by atoms with Crippen LogP contribution in [0.3, 0.4) is 0 Å². The highest BCUT2D eigenvalue weighted by Gasteiger charge is 2.43.